The first-order valence-corrected chi connectivity index (χ1v) is 5.62. The van der Waals surface area contributed by atoms with E-state index in [1.165, 1.54) is 10.9 Å². The Morgan fingerprint density at radius 1 is 1.30 bits per heavy atom. The number of carboxylic acids is 1. The van der Waals surface area contributed by atoms with Gasteiger partial charge in [0.2, 0.25) is 0 Å². The lowest BCUT2D eigenvalue weighted by Crippen LogP contribution is -2.22. The van der Waals surface area contributed by atoms with Gasteiger partial charge in [-0.05, 0) is 23.8 Å². The van der Waals surface area contributed by atoms with Crippen LogP contribution < -0.4 is 10.6 Å². The quantitative estimate of drug-likeness (QED) is 0.764. The molecule has 0 saturated heterocycles. The molecular formula is C11H12N6O3. The molecule has 1 heterocycles. The normalized spacial score (nSPS) is 10.1. The second-order valence-electron chi connectivity index (χ2n) is 3.98. The Morgan fingerprint density at radius 3 is 2.65 bits per heavy atom. The lowest BCUT2D eigenvalue weighted by Gasteiger charge is -2.10. The number of carbonyl (C=O) groups excluding carboxylic acids is 1. The zero-order valence-electron chi connectivity index (χ0n) is 10.8. The van der Waals surface area contributed by atoms with E-state index >= 15 is 0 Å². The number of nitrogens with one attached hydrogen (secondary N) is 2. The molecule has 0 fully saturated rings. The summed E-state index contributed by atoms with van der Waals surface area (Å²) in [7, 11) is 1.56. The summed E-state index contributed by atoms with van der Waals surface area (Å²) >= 11 is 0. The molecule has 0 saturated carbocycles. The number of tetrazole rings is 1. The van der Waals surface area contributed by atoms with Crippen molar-refractivity contribution >= 4 is 23.6 Å². The number of anilines is 2. The van der Waals surface area contributed by atoms with Gasteiger partial charge >= 0.3 is 12.0 Å². The smallest absolute Gasteiger partial charge is 0.337 e. The molecule has 1 aromatic heterocycles. The molecule has 2 rings (SSSR count). The molecule has 2 aromatic rings. The van der Waals surface area contributed by atoms with Gasteiger partial charge in [-0.15, -0.1) is 5.10 Å². The number of rotatable bonds is 3. The zero-order valence-corrected chi connectivity index (χ0v) is 10.8. The fourth-order valence-corrected chi connectivity index (χ4v) is 1.59. The number of hydrogen-bond acceptors (Lipinski definition) is 5. The average molecular weight is 276 g/mol. The third-order valence-corrected chi connectivity index (χ3v) is 2.48. The van der Waals surface area contributed by atoms with E-state index in [1.807, 2.05) is 0 Å². The van der Waals surface area contributed by atoms with E-state index in [1.54, 1.807) is 26.1 Å². The molecule has 0 aliphatic heterocycles. The summed E-state index contributed by atoms with van der Waals surface area (Å²) in [5.74, 6) is -1.10. The molecule has 0 aliphatic carbocycles. The molecule has 0 unspecified atom stereocenters. The monoisotopic (exact) mass is 276 g/mol. The van der Waals surface area contributed by atoms with Gasteiger partial charge in [-0.1, -0.05) is 17.2 Å². The molecule has 20 heavy (non-hydrogen) atoms. The van der Waals surface area contributed by atoms with Gasteiger partial charge in [0.1, 0.15) is 0 Å². The highest BCUT2D eigenvalue weighted by molar-refractivity contribution is 6.04. The summed E-state index contributed by atoms with van der Waals surface area (Å²) in [6, 6.07) is 4.06. The van der Waals surface area contributed by atoms with Crippen molar-refractivity contribution in [2.75, 3.05) is 10.6 Å². The maximum Gasteiger partial charge on any atom is 0.337 e. The van der Waals surface area contributed by atoms with Gasteiger partial charge in [0.25, 0.3) is 5.95 Å². The number of amides is 2. The van der Waals surface area contributed by atoms with Crippen LogP contribution in [0.5, 0.6) is 0 Å². The van der Waals surface area contributed by atoms with Crippen molar-refractivity contribution in [3.63, 3.8) is 0 Å². The highest BCUT2D eigenvalue weighted by Gasteiger charge is 2.15. The van der Waals surface area contributed by atoms with Crippen molar-refractivity contribution in [1.82, 2.24) is 20.2 Å². The molecular weight excluding hydrogens is 264 g/mol. The largest absolute Gasteiger partial charge is 0.478 e. The molecule has 0 bridgehead atoms. The number of benzene rings is 1. The number of para-hydroxylation sites is 1. The first-order valence-electron chi connectivity index (χ1n) is 5.62. The topological polar surface area (TPSA) is 122 Å². The molecule has 0 spiro atoms. The number of urea groups is 1. The lowest BCUT2D eigenvalue weighted by atomic mass is 10.1. The standard InChI is InChI=1S/C11H12N6O3/c1-6-4-3-5-7(9(18)19)8(6)12-11(20)13-10-14-16-17(2)15-10/h3-5H,1-2H3,(H,18,19)(H2,12,13,15,20). The summed E-state index contributed by atoms with van der Waals surface area (Å²) < 4.78 is 0. The number of aromatic nitrogens is 4. The Morgan fingerprint density at radius 2 is 2.05 bits per heavy atom. The fraction of sp³-hybridized carbons (Fsp3) is 0.182. The van der Waals surface area contributed by atoms with Crippen LogP contribution in [-0.2, 0) is 7.05 Å². The van der Waals surface area contributed by atoms with E-state index in [2.05, 4.69) is 26.0 Å². The minimum atomic E-state index is -1.12. The van der Waals surface area contributed by atoms with Gasteiger partial charge in [-0.2, -0.15) is 4.80 Å². The van der Waals surface area contributed by atoms with E-state index in [4.69, 9.17) is 5.11 Å². The molecule has 1 aromatic carbocycles. The van der Waals surface area contributed by atoms with Crippen LogP contribution in [0.15, 0.2) is 18.2 Å². The first-order chi connectivity index (χ1) is 9.47. The maximum atomic E-state index is 11.8. The maximum absolute atomic E-state index is 11.8. The molecule has 0 aliphatic rings. The third-order valence-electron chi connectivity index (χ3n) is 2.48. The van der Waals surface area contributed by atoms with E-state index in [-0.39, 0.29) is 17.2 Å². The van der Waals surface area contributed by atoms with Crippen LogP contribution in [0.4, 0.5) is 16.4 Å². The second-order valence-corrected chi connectivity index (χ2v) is 3.98. The fourth-order valence-electron chi connectivity index (χ4n) is 1.59. The van der Waals surface area contributed by atoms with Crippen molar-refractivity contribution in [2.45, 2.75) is 6.92 Å². The summed E-state index contributed by atoms with van der Waals surface area (Å²) in [5.41, 5.74) is 0.862. The number of aryl methyl sites for hydroxylation is 2. The second kappa shape index (κ2) is 5.34. The average Bonchev–Trinajstić information content (AvgIpc) is 2.77. The van der Waals surface area contributed by atoms with Crippen molar-refractivity contribution in [3.8, 4) is 0 Å². The zero-order chi connectivity index (χ0) is 14.7. The van der Waals surface area contributed by atoms with E-state index in [9.17, 15) is 9.59 Å². The van der Waals surface area contributed by atoms with Crippen molar-refractivity contribution in [1.29, 1.82) is 0 Å². The molecule has 0 atom stereocenters. The first kappa shape index (κ1) is 13.5. The summed E-state index contributed by atoms with van der Waals surface area (Å²) in [5, 5.41) is 24.8. The number of aromatic carboxylic acids is 1. The predicted molar refractivity (Wildman–Crippen MR) is 69.6 cm³/mol. The molecule has 3 N–H and O–H groups in total. The van der Waals surface area contributed by atoms with Gasteiger partial charge in [0.15, 0.2) is 0 Å². The highest BCUT2D eigenvalue weighted by Crippen LogP contribution is 2.20. The van der Waals surface area contributed by atoms with Crippen LogP contribution in [-0.4, -0.2) is 37.3 Å². The van der Waals surface area contributed by atoms with Crippen molar-refractivity contribution in [2.24, 2.45) is 7.05 Å². The van der Waals surface area contributed by atoms with E-state index in [0.717, 1.165) is 0 Å². The van der Waals surface area contributed by atoms with Crippen molar-refractivity contribution in [3.05, 3.63) is 29.3 Å². The van der Waals surface area contributed by atoms with Gasteiger partial charge in [0.05, 0.1) is 18.3 Å². The van der Waals surface area contributed by atoms with E-state index < -0.39 is 12.0 Å². The minimum Gasteiger partial charge on any atom is -0.478 e. The van der Waals surface area contributed by atoms with Gasteiger partial charge < -0.3 is 10.4 Å². The lowest BCUT2D eigenvalue weighted by molar-refractivity contribution is 0.0698. The van der Waals surface area contributed by atoms with Crippen LogP contribution in [0.25, 0.3) is 0 Å². The van der Waals surface area contributed by atoms with Gasteiger partial charge in [-0.3, -0.25) is 5.32 Å². The number of nitrogens with zero attached hydrogens (tertiary/aromatic N) is 4. The van der Waals surface area contributed by atoms with E-state index in [0.29, 0.717) is 5.56 Å². The summed E-state index contributed by atoms with van der Waals surface area (Å²) in [6.07, 6.45) is 0. The molecule has 104 valence electrons. The Labute approximate surface area is 113 Å². The summed E-state index contributed by atoms with van der Waals surface area (Å²) in [4.78, 5) is 24.1. The van der Waals surface area contributed by atoms with Crippen molar-refractivity contribution < 1.29 is 14.7 Å². The number of hydrogen-bond donors (Lipinski definition) is 3. The van der Waals surface area contributed by atoms with Crippen LogP contribution in [0.2, 0.25) is 0 Å². The summed E-state index contributed by atoms with van der Waals surface area (Å²) in [6.45, 7) is 1.70. The van der Waals surface area contributed by atoms with Crippen LogP contribution >= 0.6 is 0 Å². The molecule has 9 nitrogen and oxygen atoms in total. The highest BCUT2D eigenvalue weighted by atomic mass is 16.4. The number of carbonyl (C=O) groups is 2. The Hall–Kier alpha value is -2.97. The van der Waals surface area contributed by atoms with Crippen LogP contribution in [0.1, 0.15) is 15.9 Å². The third kappa shape index (κ3) is 2.88. The predicted octanol–water partition coefficient (Wildman–Crippen LogP) is 0.861. The SMILES string of the molecule is Cc1cccc(C(=O)O)c1NC(=O)Nc1nnn(C)n1. The molecule has 9 heteroatoms. The van der Waals surface area contributed by atoms with Crippen LogP contribution in [0.3, 0.4) is 0 Å². The van der Waals surface area contributed by atoms with Gasteiger partial charge in [-0.25, -0.2) is 9.59 Å². The Balaban J connectivity index is 2.17. The Bertz CT molecular complexity index is 666. The van der Waals surface area contributed by atoms with Gasteiger partial charge in [0, 0.05) is 0 Å². The molecule has 2 amide bonds. The minimum absolute atomic E-state index is 0.00672. The van der Waals surface area contributed by atoms with Crippen LogP contribution in [0, 0.1) is 6.92 Å². The Kier molecular flexibility index (Phi) is 3.60. The number of carboxylic acid groups (broad SMARTS) is 1. The molecule has 0 radical (unpaired) electrons.